The summed E-state index contributed by atoms with van der Waals surface area (Å²) in [6.07, 6.45) is 0. The summed E-state index contributed by atoms with van der Waals surface area (Å²) in [7, 11) is -4.27. The van der Waals surface area contributed by atoms with Gasteiger partial charge in [0.15, 0.2) is 5.78 Å². The van der Waals surface area contributed by atoms with E-state index in [1.54, 1.807) is 36.4 Å². The normalized spacial score (nSPS) is 13.0. The molecular formula is C13H14NO3P. The van der Waals surface area contributed by atoms with Crippen LogP contribution in [0.4, 0.5) is 5.69 Å². The maximum Gasteiger partial charge on any atom is 0.352 e. The quantitative estimate of drug-likeness (QED) is 0.742. The minimum absolute atomic E-state index is 0.565. The first-order valence-electron chi connectivity index (χ1n) is 5.49. The zero-order valence-corrected chi connectivity index (χ0v) is 10.5. The number of nitrogens with one attached hydrogen (secondary N) is 1. The molecule has 0 spiro atoms. The van der Waals surface area contributed by atoms with Gasteiger partial charge in [-0.25, -0.2) is 0 Å². The van der Waals surface area contributed by atoms with Gasteiger partial charge in [0.25, 0.3) is 0 Å². The molecule has 94 valence electrons. The van der Waals surface area contributed by atoms with Crippen molar-refractivity contribution in [2.24, 2.45) is 0 Å². The summed E-state index contributed by atoms with van der Waals surface area (Å²) in [5, 5.41) is 2.87. The van der Waals surface area contributed by atoms with Gasteiger partial charge in [-0.1, -0.05) is 48.5 Å². The van der Waals surface area contributed by atoms with E-state index in [0.717, 1.165) is 0 Å². The molecule has 0 heterocycles. The second-order valence-electron chi connectivity index (χ2n) is 3.91. The number of para-hydroxylation sites is 1. The van der Waals surface area contributed by atoms with E-state index >= 15 is 0 Å². The molecule has 0 aliphatic heterocycles. The van der Waals surface area contributed by atoms with E-state index in [1.807, 2.05) is 24.3 Å². The molecule has 0 aliphatic rings. The molecular weight excluding hydrogens is 249 g/mol. The molecule has 0 fully saturated rings. The van der Waals surface area contributed by atoms with E-state index in [2.05, 4.69) is 5.32 Å². The molecule has 2 aromatic rings. The van der Waals surface area contributed by atoms with Crippen LogP contribution in [0.5, 0.6) is 0 Å². The van der Waals surface area contributed by atoms with Crippen LogP contribution in [0, 0.1) is 0 Å². The first-order chi connectivity index (χ1) is 8.57. The lowest BCUT2D eigenvalue weighted by atomic mass is 10.2. The van der Waals surface area contributed by atoms with Gasteiger partial charge in [0, 0.05) is 5.69 Å². The first kappa shape index (κ1) is 12.8. The van der Waals surface area contributed by atoms with Crippen LogP contribution in [-0.4, -0.2) is 9.79 Å². The highest BCUT2D eigenvalue weighted by Gasteiger charge is 2.30. The highest BCUT2D eigenvalue weighted by Crippen LogP contribution is 2.51. The second kappa shape index (κ2) is 5.36. The summed E-state index contributed by atoms with van der Waals surface area (Å²) >= 11 is 0. The molecule has 3 N–H and O–H groups in total. The number of anilines is 1. The Balaban J connectivity index is 2.31. The SMILES string of the molecule is O=P(O)(O)C(Nc1ccccc1)c1ccccc1. The van der Waals surface area contributed by atoms with Crippen LogP contribution < -0.4 is 5.32 Å². The van der Waals surface area contributed by atoms with Crippen LogP contribution in [0.25, 0.3) is 0 Å². The molecule has 2 rings (SSSR count). The molecule has 1 atom stereocenters. The van der Waals surface area contributed by atoms with Gasteiger partial charge in [-0.2, -0.15) is 0 Å². The van der Waals surface area contributed by atoms with Gasteiger partial charge in [-0.15, -0.1) is 0 Å². The molecule has 0 aliphatic carbocycles. The fourth-order valence-corrected chi connectivity index (χ4v) is 2.57. The smallest absolute Gasteiger partial charge is 0.352 e. The lowest BCUT2D eigenvalue weighted by Crippen LogP contribution is -2.11. The Kier molecular flexibility index (Phi) is 3.82. The summed E-state index contributed by atoms with van der Waals surface area (Å²) in [5.41, 5.74) is 1.24. The summed E-state index contributed by atoms with van der Waals surface area (Å²) in [6.45, 7) is 0. The molecule has 0 saturated heterocycles. The maximum absolute atomic E-state index is 11.6. The van der Waals surface area contributed by atoms with E-state index < -0.39 is 13.4 Å². The Morgan fingerprint density at radius 1 is 0.889 bits per heavy atom. The fraction of sp³-hybridized carbons (Fsp3) is 0.0769. The molecule has 0 saturated carbocycles. The standard InChI is InChI=1S/C13H14NO3P/c15-18(16,17)13(11-7-3-1-4-8-11)14-12-9-5-2-6-10-12/h1-10,13-14H,(H2,15,16,17). The minimum Gasteiger partial charge on any atom is -0.368 e. The van der Waals surface area contributed by atoms with Gasteiger partial charge in [-0.3, -0.25) is 4.57 Å². The van der Waals surface area contributed by atoms with Crippen LogP contribution in [-0.2, 0) is 4.57 Å². The number of hydrogen-bond donors (Lipinski definition) is 3. The summed E-state index contributed by atoms with van der Waals surface area (Å²) < 4.78 is 11.6. The van der Waals surface area contributed by atoms with Crippen LogP contribution in [0.2, 0.25) is 0 Å². The number of rotatable bonds is 4. The number of hydrogen-bond acceptors (Lipinski definition) is 2. The predicted octanol–water partition coefficient (Wildman–Crippen LogP) is 2.98. The zero-order chi connectivity index (χ0) is 13.0. The zero-order valence-electron chi connectivity index (χ0n) is 9.60. The topological polar surface area (TPSA) is 69.6 Å². The Morgan fingerprint density at radius 2 is 1.39 bits per heavy atom. The maximum atomic E-state index is 11.6. The average Bonchev–Trinajstić information content (AvgIpc) is 2.37. The third-order valence-corrected chi connectivity index (χ3v) is 3.63. The van der Waals surface area contributed by atoms with Crippen molar-refractivity contribution in [2.75, 3.05) is 5.32 Å². The van der Waals surface area contributed by atoms with E-state index in [0.29, 0.717) is 11.3 Å². The van der Waals surface area contributed by atoms with Crippen molar-refractivity contribution in [3.05, 3.63) is 66.2 Å². The number of benzene rings is 2. The summed E-state index contributed by atoms with van der Waals surface area (Å²) in [6, 6.07) is 17.7. The van der Waals surface area contributed by atoms with Gasteiger partial charge in [0.2, 0.25) is 0 Å². The highest BCUT2D eigenvalue weighted by molar-refractivity contribution is 7.52. The van der Waals surface area contributed by atoms with E-state index in [4.69, 9.17) is 0 Å². The van der Waals surface area contributed by atoms with Crippen molar-refractivity contribution in [1.82, 2.24) is 0 Å². The van der Waals surface area contributed by atoms with Gasteiger partial charge in [0.05, 0.1) is 0 Å². The Labute approximate surface area is 105 Å². The third kappa shape index (κ3) is 3.20. The van der Waals surface area contributed by atoms with Gasteiger partial charge < -0.3 is 15.1 Å². The summed E-state index contributed by atoms with van der Waals surface area (Å²) in [4.78, 5) is 18.9. The van der Waals surface area contributed by atoms with Crippen molar-refractivity contribution in [1.29, 1.82) is 0 Å². The summed E-state index contributed by atoms with van der Waals surface area (Å²) in [5.74, 6) is -1.03. The van der Waals surface area contributed by atoms with E-state index in [-0.39, 0.29) is 0 Å². The minimum atomic E-state index is -4.27. The van der Waals surface area contributed by atoms with Gasteiger partial charge in [-0.05, 0) is 17.7 Å². The Hall–Kier alpha value is -1.61. The van der Waals surface area contributed by atoms with Crippen molar-refractivity contribution in [3.8, 4) is 0 Å². The van der Waals surface area contributed by atoms with Gasteiger partial charge in [0.1, 0.15) is 0 Å². The molecule has 0 aromatic heterocycles. The largest absolute Gasteiger partial charge is 0.368 e. The van der Waals surface area contributed by atoms with Crippen LogP contribution in [0.3, 0.4) is 0 Å². The van der Waals surface area contributed by atoms with Crippen LogP contribution >= 0.6 is 7.60 Å². The van der Waals surface area contributed by atoms with Crippen LogP contribution in [0.15, 0.2) is 60.7 Å². The lowest BCUT2D eigenvalue weighted by Gasteiger charge is -2.21. The van der Waals surface area contributed by atoms with Crippen LogP contribution in [0.1, 0.15) is 11.3 Å². The monoisotopic (exact) mass is 263 g/mol. The van der Waals surface area contributed by atoms with E-state index in [9.17, 15) is 14.4 Å². The van der Waals surface area contributed by atoms with Crippen molar-refractivity contribution >= 4 is 13.3 Å². The molecule has 2 aromatic carbocycles. The van der Waals surface area contributed by atoms with Crippen molar-refractivity contribution in [3.63, 3.8) is 0 Å². The molecule has 1 unspecified atom stereocenters. The fourth-order valence-electron chi connectivity index (χ4n) is 1.69. The molecule has 0 bridgehead atoms. The Bertz CT molecular complexity index is 539. The lowest BCUT2D eigenvalue weighted by molar-refractivity contribution is 0.363. The molecule has 0 amide bonds. The molecule has 18 heavy (non-hydrogen) atoms. The molecule has 4 nitrogen and oxygen atoms in total. The Morgan fingerprint density at radius 3 is 1.89 bits per heavy atom. The predicted molar refractivity (Wildman–Crippen MR) is 71.3 cm³/mol. The van der Waals surface area contributed by atoms with Gasteiger partial charge >= 0.3 is 7.60 Å². The highest BCUT2D eigenvalue weighted by atomic mass is 31.2. The average molecular weight is 263 g/mol. The third-order valence-electron chi connectivity index (χ3n) is 2.53. The molecule has 0 radical (unpaired) electrons. The van der Waals surface area contributed by atoms with Crippen molar-refractivity contribution in [2.45, 2.75) is 5.78 Å². The van der Waals surface area contributed by atoms with E-state index in [1.165, 1.54) is 0 Å². The first-order valence-corrected chi connectivity index (χ1v) is 7.17. The molecule has 5 heteroatoms. The second-order valence-corrected chi connectivity index (χ2v) is 5.61. The van der Waals surface area contributed by atoms with Crippen molar-refractivity contribution < 1.29 is 14.4 Å².